The van der Waals surface area contributed by atoms with Gasteiger partial charge in [-0.15, -0.1) is 0 Å². The second kappa shape index (κ2) is 2.43. The lowest BCUT2D eigenvalue weighted by atomic mass is 10.2. The molecule has 0 saturated heterocycles. The molecule has 0 amide bonds. The predicted molar refractivity (Wildman–Crippen MR) is 38.5 cm³/mol. The van der Waals surface area contributed by atoms with Gasteiger partial charge in [-0.2, -0.15) is 0 Å². The number of fused-ring (bicyclic) bond motifs is 1. The van der Waals surface area contributed by atoms with Gasteiger partial charge in [0, 0.05) is 0 Å². The van der Waals surface area contributed by atoms with Crippen molar-refractivity contribution in [3.63, 3.8) is 0 Å². The van der Waals surface area contributed by atoms with Crippen LogP contribution in [0, 0.1) is 0 Å². The molecule has 0 fully saturated rings. The van der Waals surface area contributed by atoms with Gasteiger partial charge < -0.3 is 14.6 Å². The van der Waals surface area contributed by atoms with E-state index in [-0.39, 0.29) is 17.1 Å². The highest BCUT2D eigenvalue weighted by Gasteiger charge is 2.12. The maximum Gasteiger partial charge on any atom is 0.231 e. The van der Waals surface area contributed by atoms with Crippen LogP contribution in [-0.2, 0) is 6.56 Å². The van der Waals surface area contributed by atoms with Crippen LogP contribution in [0.25, 0.3) is 0 Å². The highest BCUT2D eigenvalue weighted by molar-refractivity contribution is 5.44. The first-order valence-corrected chi connectivity index (χ1v) is 3.03. The third-order valence-electron chi connectivity index (χ3n) is 1.38. The molecule has 1 N–H and O–H groups in total. The third-order valence-corrected chi connectivity index (χ3v) is 1.38. The molecule has 1 aromatic rings. The summed E-state index contributed by atoms with van der Waals surface area (Å²) in [6.45, 7) is -4.71. The van der Waals surface area contributed by atoms with E-state index < -0.39 is 13.3 Å². The minimum atomic E-state index is -2.48. The van der Waals surface area contributed by atoms with Crippen molar-refractivity contribution in [3.05, 3.63) is 23.8 Å². The predicted octanol–water partition coefficient (Wildman–Crippen LogP) is 0.908. The van der Waals surface area contributed by atoms with Crippen LogP contribution in [0.1, 0.15) is 11.0 Å². The zero-order valence-electron chi connectivity index (χ0n) is 9.50. The van der Waals surface area contributed by atoms with E-state index in [1.807, 2.05) is 0 Å². The second-order valence-corrected chi connectivity index (χ2v) is 2.06. The summed E-state index contributed by atoms with van der Waals surface area (Å²) < 4.78 is 38.0. The minimum Gasteiger partial charge on any atom is -0.454 e. The summed E-state index contributed by atoms with van der Waals surface area (Å²) in [7, 11) is 0. The van der Waals surface area contributed by atoms with Crippen molar-refractivity contribution >= 4 is 0 Å². The van der Waals surface area contributed by atoms with Crippen molar-refractivity contribution < 1.29 is 20.1 Å². The van der Waals surface area contributed by atoms with Crippen LogP contribution in [0.4, 0.5) is 0 Å². The molecule has 0 unspecified atom stereocenters. The van der Waals surface area contributed by atoms with E-state index in [0.29, 0.717) is 0 Å². The van der Waals surface area contributed by atoms with Crippen LogP contribution in [0.15, 0.2) is 18.2 Å². The molecule has 0 aromatic heterocycles. The lowest BCUT2D eigenvalue weighted by Gasteiger charge is -1.97. The van der Waals surface area contributed by atoms with Crippen LogP contribution in [-0.4, -0.2) is 11.9 Å². The maximum absolute atomic E-state index is 9.09. The number of ether oxygens (including phenoxy) is 2. The Bertz CT molecular complexity index is 399. The third kappa shape index (κ3) is 1.03. The maximum atomic E-state index is 9.09. The molecule has 2 rings (SSSR count). The van der Waals surface area contributed by atoms with Crippen LogP contribution in [0.2, 0.25) is 0 Å². The van der Waals surface area contributed by atoms with Gasteiger partial charge in [-0.25, -0.2) is 0 Å². The van der Waals surface area contributed by atoms with E-state index in [1.165, 1.54) is 18.2 Å². The first-order valence-electron chi connectivity index (χ1n) is 5.03. The van der Waals surface area contributed by atoms with Crippen molar-refractivity contribution in [2.75, 3.05) is 6.75 Å². The number of benzene rings is 1. The fourth-order valence-electron chi connectivity index (χ4n) is 0.852. The highest BCUT2D eigenvalue weighted by atomic mass is 16.7. The fourth-order valence-corrected chi connectivity index (χ4v) is 0.852. The van der Waals surface area contributed by atoms with Crippen LogP contribution in [0.3, 0.4) is 0 Å². The first kappa shape index (κ1) is 3.45. The Morgan fingerprint density at radius 3 is 3.18 bits per heavy atom. The van der Waals surface area contributed by atoms with Crippen LogP contribution < -0.4 is 9.47 Å². The number of hydrogen-bond donors (Lipinski definition) is 1. The molecule has 1 heterocycles. The summed E-state index contributed by atoms with van der Waals surface area (Å²) in [5, 5.41) is 9.09. The van der Waals surface area contributed by atoms with Crippen molar-refractivity contribution in [2.45, 2.75) is 6.56 Å². The Labute approximate surface area is 69.8 Å². The van der Waals surface area contributed by atoms with E-state index in [4.69, 9.17) is 20.1 Å². The topological polar surface area (TPSA) is 38.7 Å². The van der Waals surface area contributed by atoms with Gasteiger partial charge in [0.05, 0.1) is 9.30 Å². The molecule has 3 heteroatoms. The standard InChI is InChI=1S/C8H8O3/c9-4-6-1-2-7-8(3-6)11-5-10-7/h1-3,9H,4-5H2/i4D2,5D2. The summed E-state index contributed by atoms with van der Waals surface area (Å²) in [5.74, 6) is 0.267. The smallest absolute Gasteiger partial charge is 0.231 e. The van der Waals surface area contributed by atoms with Gasteiger partial charge in [-0.05, 0) is 17.7 Å². The molecule has 0 radical (unpaired) electrons. The molecule has 0 aliphatic carbocycles. The Kier molecular flexibility index (Phi) is 0.763. The van der Waals surface area contributed by atoms with Gasteiger partial charge in [0.1, 0.15) is 2.74 Å². The van der Waals surface area contributed by atoms with Crippen molar-refractivity contribution in [2.24, 2.45) is 0 Å². The molecule has 0 saturated carbocycles. The van der Waals surface area contributed by atoms with Gasteiger partial charge in [-0.3, -0.25) is 0 Å². The molecule has 0 bridgehead atoms. The Morgan fingerprint density at radius 1 is 1.55 bits per heavy atom. The van der Waals surface area contributed by atoms with Gasteiger partial charge in [-0.1, -0.05) is 6.07 Å². The average Bonchev–Trinajstić information content (AvgIpc) is 2.34. The number of hydrogen-bond acceptors (Lipinski definition) is 3. The Hall–Kier alpha value is -1.22. The van der Waals surface area contributed by atoms with Crippen molar-refractivity contribution in [3.8, 4) is 11.5 Å². The van der Waals surface area contributed by atoms with Crippen molar-refractivity contribution in [1.29, 1.82) is 0 Å². The van der Waals surface area contributed by atoms with E-state index in [0.717, 1.165) is 0 Å². The van der Waals surface area contributed by atoms with Gasteiger partial charge in [0.2, 0.25) is 6.75 Å². The van der Waals surface area contributed by atoms with E-state index >= 15 is 0 Å². The molecule has 0 atom stereocenters. The van der Waals surface area contributed by atoms with Crippen LogP contribution >= 0.6 is 0 Å². The lowest BCUT2D eigenvalue weighted by molar-refractivity contribution is 0.174. The molecule has 11 heavy (non-hydrogen) atoms. The molecule has 1 aliphatic heterocycles. The Balaban J connectivity index is 2.39. The largest absolute Gasteiger partial charge is 0.454 e. The van der Waals surface area contributed by atoms with Crippen LogP contribution in [0.5, 0.6) is 11.5 Å². The van der Waals surface area contributed by atoms with Gasteiger partial charge >= 0.3 is 0 Å². The zero-order valence-corrected chi connectivity index (χ0v) is 5.50. The normalized spacial score (nSPS) is 24.8. The molecule has 3 nitrogen and oxygen atoms in total. The lowest BCUT2D eigenvalue weighted by Crippen LogP contribution is -1.92. The fraction of sp³-hybridized carbons (Fsp3) is 0.250. The molecule has 0 spiro atoms. The minimum absolute atomic E-state index is 0.0115. The van der Waals surface area contributed by atoms with Gasteiger partial charge in [0.15, 0.2) is 11.5 Å². The molecule has 1 aromatic carbocycles. The average molecular weight is 156 g/mol. The number of rotatable bonds is 1. The summed E-state index contributed by atoms with van der Waals surface area (Å²) in [6, 6.07) is 3.87. The van der Waals surface area contributed by atoms with E-state index in [9.17, 15) is 0 Å². The van der Waals surface area contributed by atoms with Crippen molar-refractivity contribution in [1.82, 2.24) is 0 Å². The zero-order chi connectivity index (χ0) is 11.3. The molecule has 1 aliphatic rings. The first-order chi connectivity index (χ1) is 6.78. The monoisotopic (exact) mass is 156 g/mol. The molecular weight excluding hydrogens is 144 g/mol. The second-order valence-electron chi connectivity index (χ2n) is 2.06. The Morgan fingerprint density at radius 2 is 2.36 bits per heavy atom. The molecule has 58 valence electrons. The summed E-state index contributed by atoms with van der Waals surface area (Å²) in [4.78, 5) is 0. The SMILES string of the molecule is [2H]C1([2H])Oc2ccc(C([2H])([2H])O)cc2O1. The van der Waals surface area contributed by atoms with Gasteiger partial charge in [0.25, 0.3) is 0 Å². The summed E-state index contributed by atoms with van der Waals surface area (Å²) in [5.41, 5.74) is -0.0115. The quantitative estimate of drug-likeness (QED) is 0.656. The summed E-state index contributed by atoms with van der Waals surface area (Å²) >= 11 is 0. The van der Waals surface area contributed by atoms with E-state index in [2.05, 4.69) is 0 Å². The highest BCUT2D eigenvalue weighted by Crippen LogP contribution is 2.32. The summed E-state index contributed by atoms with van der Waals surface area (Å²) in [6.07, 6.45) is 0. The number of aliphatic hydroxyl groups is 1. The molecular formula is C8H8O3. The van der Waals surface area contributed by atoms with E-state index in [1.54, 1.807) is 0 Å².